The van der Waals surface area contributed by atoms with E-state index < -0.39 is 0 Å². The fourth-order valence-electron chi connectivity index (χ4n) is 4.55. The largest absolute Gasteiger partial charge is 0.489 e. The number of carbonyl (C=O) groups is 2. The molecule has 0 fully saturated rings. The molecule has 4 rings (SSSR count). The molecule has 1 aliphatic carbocycles. The Balaban J connectivity index is 1.42. The third-order valence-electron chi connectivity index (χ3n) is 6.48. The van der Waals surface area contributed by atoms with Gasteiger partial charge in [0.1, 0.15) is 24.7 Å². The van der Waals surface area contributed by atoms with E-state index in [9.17, 15) is 9.59 Å². The Bertz CT molecular complexity index is 1300. The Kier molecular flexibility index (Phi) is 14.1. The molecular formula is C29H31Br4NO10. The number of carbonyl (C=O) groups excluding carboxylic acids is 2. The van der Waals surface area contributed by atoms with Crippen LogP contribution in [-0.4, -0.2) is 101 Å². The molecule has 2 aromatic rings. The van der Waals surface area contributed by atoms with Crippen molar-refractivity contribution in [1.82, 2.24) is 0 Å². The normalized spacial score (nSPS) is 15.5. The van der Waals surface area contributed by atoms with E-state index in [1.54, 1.807) is 6.07 Å². The summed E-state index contributed by atoms with van der Waals surface area (Å²) in [5.41, 5.74) is 2.71. The van der Waals surface area contributed by atoms with Crippen molar-refractivity contribution in [2.45, 2.75) is 6.42 Å². The van der Waals surface area contributed by atoms with Crippen LogP contribution in [0.1, 0.15) is 26.3 Å². The van der Waals surface area contributed by atoms with Crippen LogP contribution in [0.3, 0.4) is 0 Å². The third-order valence-corrected chi connectivity index (χ3v) is 9.17. The van der Waals surface area contributed by atoms with Gasteiger partial charge in [0.05, 0.1) is 101 Å². The summed E-state index contributed by atoms with van der Waals surface area (Å²) in [6, 6.07) is 3.58. The van der Waals surface area contributed by atoms with E-state index in [0.29, 0.717) is 91.4 Å². The number of hydrogen-bond donors (Lipinski definition) is 3. The molecule has 44 heavy (non-hydrogen) atoms. The summed E-state index contributed by atoms with van der Waals surface area (Å²) < 4.78 is 35.3. The molecule has 0 radical (unpaired) electrons. The van der Waals surface area contributed by atoms with Gasteiger partial charge in [-0.1, -0.05) is 0 Å². The fraction of sp³-hybridized carbons (Fsp3) is 0.448. The maximum atomic E-state index is 13.7. The van der Waals surface area contributed by atoms with Gasteiger partial charge >= 0.3 is 0 Å². The van der Waals surface area contributed by atoms with Crippen LogP contribution in [-0.2, 0) is 25.4 Å². The van der Waals surface area contributed by atoms with E-state index in [1.165, 1.54) is 0 Å². The molecule has 0 atom stereocenters. The highest BCUT2D eigenvalue weighted by atomic mass is 79.9. The first-order valence-corrected chi connectivity index (χ1v) is 16.9. The summed E-state index contributed by atoms with van der Waals surface area (Å²) in [6.07, 6.45) is 0.270. The summed E-state index contributed by atoms with van der Waals surface area (Å²) in [5.74, 6) is 0.329. The van der Waals surface area contributed by atoms with Crippen molar-refractivity contribution < 1.29 is 48.2 Å². The van der Waals surface area contributed by atoms with Crippen LogP contribution in [0.5, 0.6) is 11.5 Å². The molecule has 2 aromatic carbocycles. The molecule has 0 amide bonds. The summed E-state index contributed by atoms with van der Waals surface area (Å²) >= 11 is 14.1. The lowest BCUT2D eigenvalue weighted by Gasteiger charge is -2.13. The number of ketones is 2. The molecule has 2 aliphatic rings. The van der Waals surface area contributed by atoms with E-state index in [1.807, 2.05) is 6.07 Å². The predicted octanol–water partition coefficient (Wildman–Crippen LogP) is 4.85. The first kappa shape index (κ1) is 35.5. The molecule has 11 nitrogen and oxygen atoms in total. The van der Waals surface area contributed by atoms with E-state index in [4.69, 9.17) is 38.6 Å². The molecule has 0 bridgehead atoms. The zero-order chi connectivity index (χ0) is 31.6. The molecule has 0 saturated heterocycles. The number of halogens is 4. The molecule has 15 heteroatoms. The molecule has 0 unspecified atom stereocenters. The topological polar surface area (TPSA) is 142 Å². The number of Topliss-reactive ketones (excluding diaryl/α,β-unsaturated/α-hetero) is 2. The summed E-state index contributed by atoms with van der Waals surface area (Å²) in [7, 11) is 0. The SMILES string of the molecule is O=C1/C(=C2\Nc3cc(Br)c(OCCOCCOCCO)c(Br)c3C2=O)Cc2cc(Br)c(OCCOCCOCCO)c(Br)c21. The molecule has 0 aromatic heterocycles. The van der Waals surface area contributed by atoms with Crippen LogP contribution < -0.4 is 14.8 Å². The molecule has 1 aliphatic heterocycles. The van der Waals surface area contributed by atoms with Crippen molar-refractivity contribution in [3.8, 4) is 11.5 Å². The van der Waals surface area contributed by atoms with Gasteiger partial charge in [-0.3, -0.25) is 9.59 Å². The number of rotatable bonds is 18. The monoisotopic (exact) mass is 869 g/mol. The van der Waals surface area contributed by atoms with Crippen molar-refractivity contribution in [3.05, 3.63) is 58.0 Å². The number of hydrogen-bond acceptors (Lipinski definition) is 11. The van der Waals surface area contributed by atoms with Gasteiger partial charge in [0, 0.05) is 17.6 Å². The average Bonchev–Trinajstić information content (AvgIpc) is 3.49. The van der Waals surface area contributed by atoms with Gasteiger partial charge in [-0.15, -0.1) is 0 Å². The van der Waals surface area contributed by atoms with Gasteiger partial charge in [0.15, 0.2) is 5.78 Å². The van der Waals surface area contributed by atoms with Crippen molar-refractivity contribution in [2.24, 2.45) is 0 Å². The quantitative estimate of drug-likeness (QED) is 0.140. The number of nitrogens with one attached hydrogen (secondary N) is 1. The van der Waals surface area contributed by atoms with Gasteiger partial charge in [-0.25, -0.2) is 0 Å². The maximum Gasteiger partial charge on any atom is 0.212 e. The second-order valence-corrected chi connectivity index (χ2v) is 12.7. The first-order chi connectivity index (χ1) is 21.3. The van der Waals surface area contributed by atoms with Crippen LogP contribution in [0.15, 0.2) is 41.3 Å². The zero-order valence-corrected chi connectivity index (χ0v) is 29.9. The minimum absolute atomic E-state index is 0.0369. The van der Waals surface area contributed by atoms with Gasteiger partial charge in [0.2, 0.25) is 5.78 Å². The lowest BCUT2D eigenvalue weighted by molar-refractivity contribution is 0.0246. The van der Waals surface area contributed by atoms with Crippen molar-refractivity contribution in [3.63, 3.8) is 0 Å². The molecule has 1 heterocycles. The lowest BCUT2D eigenvalue weighted by atomic mass is 10.0. The number of benzene rings is 2. The van der Waals surface area contributed by atoms with Crippen LogP contribution in [0.4, 0.5) is 5.69 Å². The van der Waals surface area contributed by atoms with Crippen molar-refractivity contribution in [2.75, 3.05) is 84.6 Å². The molecule has 240 valence electrons. The minimum Gasteiger partial charge on any atom is -0.489 e. The summed E-state index contributed by atoms with van der Waals surface area (Å²) in [5, 5.41) is 20.6. The maximum absolute atomic E-state index is 13.7. The average molecular weight is 873 g/mol. The highest BCUT2D eigenvalue weighted by Crippen LogP contribution is 2.47. The van der Waals surface area contributed by atoms with E-state index >= 15 is 0 Å². The number of ether oxygens (including phenoxy) is 6. The zero-order valence-electron chi connectivity index (χ0n) is 23.5. The summed E-state index contributed by atoms with van der Waals surface area (Å²) in [6.45, 7) is 3.01. The number of fused-ring (bicyclic) bond motifs is 2. The van der Waals surface area contributed by atoms with Crippen molar-refractivity contribution >= 4 is 81.0 Å². The first-order valence-electron chi connectivity index (χ1n) is 13.7. The Morgan fingerprint density at radius 1 is 0.636 bits per heavy atom. The number of allylic oxidation sites excluding steroid dienone is 2. The lowest BCUT2D eigenvalue weighted by Crippen LogP contribution is -2.13. The van der Waals surface area contributed by atoms with Gasteiger partial charge in [-0.2, -0.15) is 0 Å². The van der Waals surface area contributed by atoms with E-state index in [2.05, 4.69) is 69.0 Å². The Morgan fingerprint density at radius 2 is 1.11 bits per heavy atom. The van der Waals surface area contributed by atoms with E-state index in [0.717, 1.165) is 5.56 Å². The molecule has 0 saturated carbocycles. The Morgan fingerprint density at radius 3 is 1.66 bits per heavy atom. The Hall–Kier alpha value is -1.40. The molecule has 0 spiro atoms. The van der Waals surface area contributed by atoms with Crippen LogP contribution in [0.25, 0.3) is 0 Å². The van der Waals surface area contributed by atoms with Crippen molar-refractivity contribution in [1.29, 1.82) is 0 Å². The van der Waals surface area contributed by atoms with Crippen LogP contribution >= 0.6 is 63.7 Å². The van der Waals surface area contributed by atoms with E-state index in [-0.39, 0.29) is 63.3 Å². The second kappa shape index (κ2) is 17.5. The minimum atomic E-state index is -0.315. The fourth-order valence-corrected chi connectivity index (χ4v) is 7.70. The highest BCUT2D eigenvalue weighted by Gasteiger charge is 2.39. The molecular weight excluding hydrogens is 842 g/mol. The summed E-state index contributed by atoms with van der Waals surface area (Å²) in [4.78, 5) is 27.3. The van der Waals surface area contributed by atoms with Gasteiger partial charge in [-0.05, 0) is 81.4 Å². The highest BCUT2D eigenvalue weighted by molar-refractivity contribution is 9.11. The molecule has 3 N–H and O–H groups in total. The number of aliphatic hydroxyl groups is 2. The standard InChI is InChI=1S/C29H31Br4NO10/c30-18-14-16-13-17(26(37)21(16)23(32)28(18)43-11-9-41-7-5-39-3-1-35)25-27(38)22-20(34-25)15-19(31)29(24(22)33)44-12-10-42-8-6-40-4-2-36/h14-15,34-36H,1-13H2/b25-17-. The number of anilines is 1. The smallest absolute Gasteiger partial charge is 0.212 e. The third kappa shape index (κ3) is 8.49. The van der Waals surface area contributed by atoms with Gasteiger partial charge in [0.25, 0.3) is 0 Å². The number of aliphatic hydroxyl groups excluding tert-OH is 2. The van der Waals surface area contributed by atoms with Gasteiger partial charge < -0.3 is 44.0 Å². The van der Waals surface area contributed by atoms with Crippen LogP contribution in [0.2, 0.25) is 0 Å². The predicted molar refractivity (Wildman–Crippen MR) is 175 cm³/mol. The Labute approximate surface area is 288 Å². The second-order valence-electron chi connectivity index (χ2n) is 9.37. The van der Waals surface area contributed by atoms with Crippen LogP contribution in [0, 0.1) is 0 Å².